The normalized spacial score (nSPS) is 10.4. The lowest BCUT2D eigenvalue weighted by atomic mass is 10.0. The summed E-state index contributed by atoms with van der Waals surface area (Å²) in [6, 6.07) is 10.9. The highest BCUT2D eigenvalue weighted by Gasteiger charge is 2.14. The van der Waals surface area contributed by atoms with Gasteiger partial charge in [-0.05, 0) is 26.0 Å². The maximum Gasteiger partial charge on any atom is 0.252 e. The summed E-state index contributed by atoms with van der Waals surface area (Å²) < 4.78 is 4.98. The number of ether oxygens (including phenoxy) is 1. The molecule has 0 aliphatic rings. The van der Waals surface area contributed by atoms with E-state index in [0.717, 1.165) is 5.56 Å². The van der Waals surface area contributed by atoms with Gasteiger partial charge in [-0.2, -0.15) is 0 Å². The minimum atomic E-state index is -0.117. The van der Waals surface area contributed by atoms with Gasteiger partial charge >= 0.3 is 0 Å². The van der Waals surface area contributed by atoms with Crippen molar-refractivity contribution in [2.24, 2.45) is 0 Å². The third-order valence-corrected chi connectivity index (χ3v) is 2.72. The Labute approximate surface area is 118 Å². The van der Waals surface area contributed by atoms with Gasteiger partial charge in [0.1, 0.15) is 0 Å². The Balaban J connectivity index is 2.38. The van der Waals surface area contributed by atoms with Crippen molar-refractivity contribution in [3.05, 3.63) is 42.0 Å². The highest BCUT2D eigenvalue weighted by Crippen LogP contribution is 2.22. The molecule has 1 N–H and O–H groups in total. The second-order valence-electron chi connectivity index (χ2n) is 4.63. The molecule has 20 heavy (non-hydrogen) atoms. The summed E-state index contributed by atoms with van der Waals surface area (Å²) in [5.74, 6) is 0.325. The number of aromatic nitrogens is 2. The van der Waals surface area contributed by atoms with Gasteiger partial charge in [0.25, 0.3) is 5.91 Å². The molecule has 1 aromatic heterocycles. The molecule has 0 saturated heterocycles. The largest absolute Gasteiger partial charge is 0.480 e. The van der Waals surface area contributed by atoms with Crippen LogP contribution in [0.3, 0.4) is 0 Å². The number of benzene rings is 1. The van der Waals surface area contributed by atoms with Crippen molar-refractivity contribution in [1.29, 1.82) is 0 Å². The quantitative estimate of drug-likeness (QED) is 0.926. The monoisotopic (exact) mass is 271 g/mol. The second-order valence-corrected chi connectivity index (χ2v) is 4.63. The van der Waals surface area contributed by atoms with Crippen molar-refractivity contribution in [3.8, 4) is 17.1 Å². The van der Waals surface area contributed by atoms with E-state index in [9.17, 15) is 4.79 Å². The van der Waals surface area contributed by atoms with Crippen LogP contribution in [-0.4, -0.2) is 29.3 Å². The predicted molar refractivity (Wildman–Crippen MR) is 76.6 cm³/mol. The zero-order valence-corrected chi connectivity index (χ0v) is 11.8. The molecular weight excluding hydrogens is 254 g/mol. The summed E-state index contributed by atoms with van der Waals surface area (Å²) in [7, 11) is 1.54. The first-order chi connectivity index (χ1) is 9.61. The summed E-state index contributed by atoms with van der Waals surface area (Å²) in [5, 5.41) is 10.9. The van der Waals surface area contributed by atoms with Gasteiger partial charge in [-0.15, -0.1) is 10.2 Å². The molecule has 1 aromatic carbocycles. The lowest BCUT2D eigenvalue weighted by Crippen LogP contribution is -2.30. The summed E-state index contributed by atoms with van der Waals surface area (Å²) in [6.07, 6.45) is 0. The second kappa shape index (κ2) is 6.14. The van der Waals surface area contributed by atoms with Crippen molar-refractivity contribution >= 4 is 5.91 Å². The Bertz CT molecular complexity index is 594. The van der Waals surface area contributed by atoms with E-state index in [4.69, 9.17) is 4.74 Å². The number of carbonyl (C=O) groups excluding carboxylic acids is 1. The lowest BCUT2D eigenvalue weighted by Gasteiger charge is -2.11. The predicted octanol–water partition coefficient (Wildman–Crippen LogP) is 2.29. The van der Waals surface area contributed by atoms with Gasteiger partial charge in [0.05, 0.1) is 12.8 Å². The summed E-state index contributed by atoms with van der Waals surface area (Å²) >= 11 is 0. The number of amides is 1. The molecule has 2 rings (SSSR count). The van der Waals surface area contributed by atoms with Crippen molar-refractivity contribution in [2.75, 3.05) is 7.11 Å². The third kappa shape index (κ3) is 3.12. The molecule has 1 amide bonds. The topological polar surface area (TPSA) is 64.1 Å². The number of hydrogen-bond donors (Lipinski definition) is 1. The Hall–Kier alpha value is -2.43. The molecule has 104 valence electrons. The maximum atomic E-state index is 12.2. The smallest absolute Gasteiger partial charge is 0.252 e. The van der Waals surface area contributed by atoms with E-state index in [1.807, 2.05) is 32.0 Å². The van der Waals surface area contributed by atoms with Crippen molar-refractivity contribution in [2.45, 2.75) is 19.9 Å². The Kier molecular flexibility index (Phi) is 4.30. The first-order valence-corrected chi connectivity index (χ1v) is 6.40. The van der Waals surface area contributed by atoms with Crippen LogP contribution >= 0.6 is 0 Å². The molecule has 0 bridgehead atoms. The molecule has 0 atom stereocenters. The Morgan fingerprint density at radius 2 is 1.90 bits per heavy atom. The fraction of sp³-hybridized carbons (Fsp3) is 0.267. The van der Waals surface area contributed by atoms with Gasteiger partial charge < -0.3 is 10.1 Å². The molecule has 5 heteroatoms. The first kappa shape index (κ1) is 14.0. The van der Waals surface area contributed by atoms with E-state index < -0.39 is 0 Å². The minimum Gasteiger partial charge on any atom is -0.480 e. The molecular formula is C15H17N3O2. The molecule has 0 fully saturated rings. The van der Waals surface area contributed by atoms with E-state index in [1.165, 1.54) is 7.11 Å². The van der Waals surface area contributed by atoms with Crippen molar-refractivity contribution in [3.63, 3.8) is 0 Å². The molecule has 1 heterocycles. The highest BCUT2D eigenvalue weighted by molar-refractivity contribution is 6.00. The van der Waals surface area contributed by atoms with Gasteiger partial charge in [-0.25, -0.2) is 0 Å². The Morgan fingerprint density at radius 1 is 1.15 bits per heavy atom. The van der Waals surface area contributed by atoms with Crippen molar-refractivity contribution in [1.82, 2.24) is 15.5 Å². The van der Waals surface area contributed by atoms with Gasteiger partial charge in [-0.1, -0.05) is 18.2 Å². The van der Waals surface area contributed by atoms with Crippen LogP contribution < -0.4 is 10.1 Å². The SMILES string of the molecule is COc1ccc(-c2ccccc2C(=O)NC(C)C)nn1. The van der Waals surface area contributed by atoms with E-state index in [0.29, 0.717) is 17.1 Å². The van der Waals surface area contributed by atoms with Crippen LogP contribution in [0.25, 0.3) is 11.3 Å². The van der Waals surface area contributed by atoms with Crippen molar-refractivity contribution < 1.29 is 9.53 Å². The molecule has 5 nitrogen and oxygen atoms in total. The minimum absolute atomic E-state index is 0.0810. The number of carbonyl (C=O) groups is 1. The number of nitrogens with one attached hydrogen (secondary N) is 1. The van der Waals surface area contributed by atoms with Crippen LogP contribution in [0.4, 0.5) is 0 Å². The van der Waals surface area contributed by atoms with E-state index in [1.54, 1.807) is 18.2 Å². The molecule has 0 aliphatic carbocycles. The Morgan fingerprint density at radius 3 is 2.50 bits per heavy atom. The fourth-order valence-corrected chi connectivity index (χ4v) is 1.82. The molecule has 0 unspecified atom stereocenters. The number of rotatable bonds is 4. The van der Waals surface area contributed by atoms with E-state index >= 15 is 0 Å². The van der Waals surface area contributed by atoms with Crippen LogP contribution in [0.5, 0.6) is 5.88 Å². The average Bonchev–Trinajstić information content (AvgIpc) is 2.46. The molecule has 0 saturated carbocycles. The third-order valence-electron chi connectivity index (χ3n) is 2.72. The first-order valence-electron chi connectivity index (χ1n) is 6.40. The molecule has 0 aliphatic heterocycles. The lowest BCUT2D eigenvalue weighted by molar-refractivity contribution is 0.0944. The van der Waals surface area contributed by atoms with E-state index in [2.05, 4.69) is 15.5 Å². The van der Waals surface area contributed by atoms with Crippen LogP contribution in [0.15, 0.2) is 36.4 Å². The summed E-state index contributed by atoms with van der Waals surface area (Å²) in [5.41, 5.74) is 1.97. The fourth-order valence-electron chi connectivity index (χ4n) is 1.82. The number of nitrogens with zero attached hydrogens (tertiary/aromatic N) is 2. The zero-order chi connectivity index (χ0) is 14.5. The van der Waals surface area contributed by atoms with Gasteiger partial charge in [-0.3, -0.25) is 4.79 Å². The van der Waals surface area contributed by atoms with Crippen LogP contribution in [-0.2, 0) is 0 Å². The van der Waals surface area contributed by atoms with Crippen LogP contribution in [0.2, 0.25) is 0 Å². The molecule has 0 radical (unpaired) electrons. The van der Waals surface area contributed by atoms with E-state index in [-0.39, 0.29) is 11.9 Å². The molecule has 0 spiro atoms. The zero-order valence-electron chi connectivity index (χ0n) is 11.8. The summed E-state index contributed by atoms with van der Waals surface area (Å²) in [4.78, 5) is 12.2. The van der Waals surface area contributed by atoms with Crippen LogP contribution in [0.1, 0.15) is 24.2 Å². The summed E-state index contributed by atoms with van der Waals surface area (Å²) in [6.45, 7) is 3.85. The maximum absolute atomic E-state index is 12.2. The van der Waals surface area contributed by atoms with Gasteiger partial charge in [0.2, 0.25) is 5.88 Å². The number of methoxy groups -OCH3 is 1. The average molecular weight is 271 g/mol. The standard InChI is InChI=1S/C15H17N3O2/c1-10(2)16-15(19)12-7-5-4-6-11(12)13-8-9-14(20-3)18-17-13/h4-10H,1-3H3,(H,16,19). The van der Waals surface area contributed by atoms with Gasteiger partial charge in [0.15, 0.2) is 0 Å². The van der Waals surface area contributed by atoms with Gasteiger partial charge in [0, 0.05) is 23.2 Å². The van der Waals surface area contributed by atoms with Crippen LogP contribution in [0, 0.1) is 0 Å². The number of hydrogen-bond acceptors (Lipinski definition) is 4. The molecule has 2 aromatic rings. The highest BCUT2D eigenvalue weighted by atomic mass is 16.5.